The van der Waals surface area contributed by atoms with E-state index in [1.54, 1.807) is 7.05 Å². The molecule has 0 radical (unpaired) electrons. The van der Waals surface area contributed by atoms with Crippen LogP contribution in [-0.4, -0.2) is 62.3 Å². The average molecular weight is 497 g/mol. The van der Waals surface area contributed by atoms with E-state index in [0.717, 1.165) is 11.9 Å². The number of rotatable bonds is 7. The molecule has 9 heteroatoms. The first-order valence-corrected chi connectivity index (χ1v) is 8.55. The SMILES string of the molecule is CN=C(NCCc1c[nH]c2c(C)cccc12)NCCN(C)CC(F)(F)F.I. The van der Waals surface area contributed by atoms with Crippen molar-refractivity contribution < 1.29 is 13.2 Å². The summed E-state index contributed by atoms with van der Waals surface area (Å²) in [6.45, 7) is 2.50. The summed E-state index contributed by atoms with van der Waals surface area (Å²) in [5.41, 5.74) is 3.58. The standard InChI is InChI=1S/C18H26F3N5.HI/c1-13-5-4-6-15-14(11-25-16(13)15)7-8-23-17(22-2)24-9-10-26(3)12-18(19,20)21;/h4-6,11,25H,7-10,12H2,1-3H3,(H2,22,23,24);1H. The second kappa shape index (κ2) is 10.7. The summed E-state index contributed by atoms with van der Waals surface area (Å²) >= 11 is 0. The van der Waals surface area contributed by atoms with E-state index < -0.39 is 12.7 Å². The fourth-order valence-electron chi connectivity index (χ4n) is 2.86. The van der Waals surface area contributed by atoms with Gasteiger partial charge in [-0.05, 0) is 31.5 Å². The summed E-state index contributed by atoms with van der Waals surface area (Å²) in [4.78, 5) is 8.63. The Bertz CT molecular complexity index is 742. The van der Waals surface area contributed by atoms with Crippen LogP contribution in [0.5, 0.6) is 0 Å². The molecule has 1 aromatic heterocycles. The van der Waals surface area contributed by atoms with Gasteiger partial charge in [0.05, 0.1) is 6.54 Å². The minimum absolute atomic E-state index is 0. The third-order valence-corrected chi connectivity index (χ3v) is 4.16. The van der Waals surface area contributed by atoms with Gasteiger partial charge in [-0.2, -0.15) is 13.2 Å². The Morgan fingerprint density at radius 1 is 1.22 bits per heavy atom. The molecular weight excluding hydrogens is 470 g/mol. The molecule has 152 valence electrons. The van der Waals surface area contributed by atoms with Gasteiger partial charge in [0, 0.05) is 43.8 Å². The van der Waals surface area contributed by atoms with Gasteiger partial charge in [0.15, 0.2) is 5.96 Å². The Hall–Kier alpha value is -1.49. The highest BCUT2D eigenvalue weighted by atomic mass is 127. The normalized spacial score (nSPS) is 12.3. The minimum Gasteiger partial charge on any atom is -0.361 e. The van der Waals surface area contributed by atoms with Gasteiger partial charge < -0.3 is 15.6 Å². The van der Waals surface area contributed by atoms with Crippen LogP contribution in [0.3, 0.4) is 0 Å². The van der Waals surface area contributed by atoms with Crippen molar-refractivity contribution >= 4 is 40.8 Å². The lowest BCUT2D eigenvalue weighted by molar-refractivity contribution is -0.142. The van der Waals surface area contributed by atoms with Gasteiger partial charge >= 0.3 is 6.18 Å². The highest BCUT2D eigenvalue weighted by molar-refractivity contribution is 14.0. The fourth-order valence-corrected chi connectivity index (χ4v) is 2.86. The van der Waals surface area contributed by atoms with Crippen molar-refractivity contribution in [1.82, 2.24) is 20.5 Å². The molecule has 1 heterocycles. The quantitative estimate of drug-likeness (QED) is 0.313. The predicted octanol–water partition coefficient (Wildman–Crippen LogP) is 3.30. The van der Waals surface area contributed by atoms with Crippen molar-refractivity contribution in [3.8, 4) is 0 Å². The maximum Gasteiger partial charge on any atom is 0.401 e. The molecule has 0 saturated carbocycles. The molecule has 5 nitrogen and oxygen atoms in total. The van der Waals surface area contributed by atoms with Gasteiger partial charge in [-0.25, -0.2) is 0 Å². The number of benzene rings is 1. The van der Waals surface area contributed by atoms with Gasteiger partial charge in [0.2, 0.25) is 0 Å². The topological polar surface area (TPSA) is 55.5 Å². The summed E-state index contributed by atoms with van der Waals surface area (Å²) in [6, 6.07) is 6.21. The van der Waals surface area contributed by atoms with E-state index in [1.165, 1.54) is 28.5 Å². The van der Waals surface area contributed by atoms with Gasteiger partial charge in [-0.3, -0.25) is 9.89 Å². The van der Waals surface area contributed by atoms with E-state index in [9.17, 15) is 13.2 Å². The van der Waals surface area contributed by atoms with E-state index in [2.05, 4.69) is 39.7 Å². The van der Waals surface area contributed by atoms with E-state index in [0.29, 0.717) is 19.0 Å². The number of aliphatic imine (C=N–C) groups is 1. The zero-order chi connectivity index (χ0) is 19.2. The van der Waals surface area contributed by atoms with E-state index in [-0.39, 0.29) is 30.5 Å². The Morgan fingerprint density at radius 2 is 1.93 bits per heavy atom. The predicted molar refractivity (Wildman–Crippen MR) is 115 cm³/mol. The van der Waals surface area contributed by atoms with Crippen LogP contribution >= 0.6 is 24.0 Å². The number of H-pyrrole nitrogens is 1. The van der Waals surface area contributed by atoms with E-state index in [4.69, 9.17) is 0 Å². The van der Waals surface area contributed by atoms with Crippen LogP contribution < -0.4 is 10.6 Å². The minimum atomic E-state index is -4.17. The molecule has 2 rings (SSSR count). The number of alkyl halides is 3. The molecule has 2 aromatic rings. The molecule has 1 aromatic carbocycles. The summed E-state index contributed by atoms with van der Waals surface area (Å²) in [5.74, 6) is 0.585. The summed E-state index contributed by atoms with van der Waals surface area (Å²) < 4.78 is 36.9. The van der Waals surface area contributed by atoms with Gasteiger partial charge in [-0.1, -0.05) is 18.2 Å². The number of likely N-dealkylation sites (N-methyl/N-ethyl adjacent to an activating group) is 1. The van der Waals surface area contributed by atoms with Crippen molar-refractivity contribution in [3.63, 3.8) is 0 Å². The highest BCUT2D eigenvalue weighted by Gasteiger charge is 2.28. The summed E-state index contributed by atoms with van der Waals surface area (Å²) in [5, 5.41) is 7.44. The van der Waals surface area contributed by atoms with E-state index in [1.807, 2.05) is 12.3 Å². The van der Waals surface area contributed by atoms with Crippen molar-refractivity contribution in [1.29, 1.82) is 0 Å². The zero-order valence-corrected chi connectivity index (χ0v) is 18.1. The smallest absolute Gasteiger partial charge is 0.361 e. The first kappa shape index (κ1) is 23.5. The molecule has 0 bridgehead atoms. The first-order valence-electron chi connectivity index (χ1n) is 8.55. The number of fused-ring (bicyclic) bond motifs is 1. The van der Waals surface area contributed by atoms with Crippen molar-refractivity contribution in [2.24, 2.45) is 4.99 Å². The molecule has 0 fully saturated rings. The van der Waals surface area contributed by atoms with Crippen LogP contribution in [0.1, 0.15) is 11.1 Å². The number of nitrogens with zero attached hydrogens (tertiary/aromatic N) is 2. The van der Waals surface area contributed by atoms with Crippen LogP contribution in [0.2, 0.25) is 0 Å². The maximum absolute atomic E-state index is 12.3. The third-order valence-electron chi connectivity index (χ3n) is 4.16. The molecule has 0 spiro atoms. The van der Waals surface area contributed by atoms with Gasteiger partial charge in [0.1, 0.15) is 0 Å². The number of aromatic amines is 1. The Labute approximate surface area is 174 Å². The Balaban J connectivity index is 0.00000364. The second-order valence-corrected chi connectivity index (χ2v) is 6.34. The molecule has 3 N–H and O–H groups in total. The van der Waals surface area contributed by atoms with Gasteiger partial charge in [-0.15, -0.1) is 24.0 Å². The second-order valence-electron chi connectivity index (χ2n) is 6.34. The molecule has 0 aliphatic rings. The summed E-state index contributed by atoms with van der Waals surface area (Å²) in [7, 11) is 3.09. The fraction of sp³-hybridized carbons (Fsp3) is 0.500. The van der Waals surface area contributed by atoms with Crippen LogP contribution in [0.4, 0.5) is 13.2 Å². The molecule has 0 saturated heterocycles. The maximum atomic E-state index is 12.3. The number of aromatic nitrogens is 1. The highest BCUT2D eigenvalue weighted by Crippen LogP contribution is 2.21. The zero-order valence-electron chi connectivity index (χ0n) is 15.8. The monoisotopic (exact) mass is 497 g/mol. The van der Waals surface area contributed by atoms with Gasteiger partial charge in [0.25, 0.3) is 0 Å². The van der Waals surface area contributed by atoms with E-state index >= 15 is 0 Å². The van der Waals surface area contributed by atoms with Crippen LogP contribution in [0, 0.1) is 6.92 Å². The Kier molecular flexibility index (Phi) is 9.37. The molecule has 27 heavy (non-hydrogen) atoms. The number of guanidine groups is 1. The number of halogens is 4. The Morgan fingerprint density at radius 3 is 2.59 bits per heavy atom. The number of aryl methyl sites for hydroxylation is 1. The number of hydrogen-bond donors (Lipinski definition) is 3. The lowest BCUT2D eigenvalue weighted by atomic mass is 10.1. The largest absolute Gasteiger partial charge is 0.401 e. The number of para-hydroxylation sites is 1. The number of hydrogen-bond acceptors (Lipinski definition) is 2. The lowest BCUT2D eigenvalue weighted by Gasteiger charge is -2.19. The van der Waals surface area contributed by atoms with Crippen LogP contribution in [0.15, 0.2) is 29.4 Å². The van der Waals surface area contributed by atoms with Crippen molar-refractivity contribution in [2.45, 2.75) is 19.5 Å². The van der Waals surface area contributed by atoms with Crippen molar-refractivity contribution in [2.75, 3.05) is 40.3 Å². The molecule has 0 aliphatic heterocycles. The first-order chi connectivity index (χ1) is 12.3. The lowest BCUT2D eigenvalue weighted by Crippen LogP contribution is -2.42. The van der Waals surface area contributed by atoms with Crippen LogP contribution in [0.25, 0.3) is 10.9 Å². The molecule has 0 atom stereocenters. The van der Waals surface area contributed by atoms with Crippen molar-refractivity contribution in [3.05, 3.63) is 35.5 Å². The third kappa shape index (κ3) is 7.57. The molecule has 0 amide bonds. The average Bonchev–Trinajstić information content (AvgIpc) is 2.96. The summed E-state index contributed by atoms with van der Waals surface area (Å²) in [6.07, 6.45) is -1.34. The number of nitrogens with one attached hydrogen (secondary N) is 3. The molecule has 0 aliphatic carbocycles. The molecule has 0 unspecified atom stereocenters. The van der Waals surface area contributed by atoms with Crippen LogP contribution in [-0.2, 0) is 6.42 Å². The molecular formula is C18H27F3IN5.